The van der Waals surface area contributed by atoms with E-state index >= 15 is 0 Å². The molecule has 2 aliphatic rings. The molecule has 1 aromatic rings. The average molecular weight is 339 g/mol. The van der Waals surface area contributed by atoms with Gasteiger partial charge in [-0.3, -0.25) is 0 Å². The fraction of sp³-hybridized carbons (Fsp3) is 0.647. The summed E-state index contributed by atoms with van der Waals surface area (Å²) in [4.78, 5) is 0.273. The summed E-state index contributed by atoms with van der Waals surface area (Å²) in [7, 11) is -2.07. The van der Waals surface area contributed by atoms with Crippen LogP contribution in [0, 0.1) is 13.8 Å². The zero-order chi connectivity index (χ0) is 16.6. The van der Waals surface area contributed by atoms with Gasteiger partial charge in [-0.2, -0.15) is 4.31 Å². The van der Waals surface area contributed by atoms with Crippen LogP contribution >= 0.6 is 0 Å². The Labute approximate surface area is 138 Å². The van der Waals surface area contributed by atoms with E-state index < -0.39 is 10.0 Å². The van der Waals surface area contributed by atoms with Gasteiger partial charge in [0.25, 0.3) is 0 Å². The van der Waals surface area contributed by atoms with Crippen molar-refractivity contribution in [3.63, 3.8) is 0 Å². The van der Waals surface area contributed by atoms with E-state index in [1.54, 1.807) is 16.4 Å². The summed E-state index contributed by atoms with van der Waals surface area (Å²) in [6.07, 6.45) is 4.02. The summed E-state index contributed by atoms with van der Waals surface area (Å²) in [5.41, 5.74) is 1.98. The highest BCUT2D eigenvalue weighted by Gasteiger charge is 2.41. The Morgan fingerprint density at radius 3 is 2.61 bits per heavy atom. The van der Waals surface area contributed by atoms with Crippen LogP contribution in [0.3, 0.4) is 0 Å². The van der Waals surface area contributed by atoms with Crippen molar-refractivity contribution in [1.29, 1.82) is 0 Å². The van der Waals surface area contributed by atoms with Crippen LogP contribution in [0.15, 0.2) is 17.0 Å². The van der Waals surface area contributed by atoms with Crippen molar-refractivity contribution in [1.82, 2.24) is 4.31 Å². The van der Waals surface area contributed by atoms with E-state index in [-0.39, 0.29) is 17.0 Å². The zero-order valence-corrected chi connectivity index (χ0v) is 14.9. The Morgan fingerprint density at radius 1 is 1.17 bits per heavy atom. The van der Waals surface area contributed by atoms with Gasteiger partial charge in [0, 0.05) is 6.54 Å². The topological polar surface area (TPSA) is 55.8 Å². The van der Waals surface area contributed by atoms with E-state index in [2.05, 4.69) is 0 Å². The fourth-order valence-corrected chi connectivity index (χ4v) is 5.50. The molecule has 23 heavy (non-hydrogen) atoms. The summed E-state index contributed by atoms with van der Waals surface area (Å²) >= 11 is 0. The minimum Gasteiger partial charge on any atom is -0.495 e. The van der Waals surface area contributed by atoms with Crippen LogP contribution in [0.2, 0.25) is 0 Å². The van der Waals surface area contributed by atoms with Gasteiger partial charge in [0.2, 0.25) is 10.0 Å². The second-order valence-corrected chi connectivity index (χ2v) is 8.32. The van der Waals surface area contributed by atoms with Crippen molar-refractivity contribution in [2.75, 3.05) is 20.3 Å². The Hall–Kier alpha value is -1.11. The van der Waals surface area contributed by atoms with E-state index in [9.17, 15) is 8.42 Å². The quantitative estimate of drug-likeness (QED) is 0.849. The van der Waals surface area contributed by atoms with Crippen molar-refractivity contribution in [3.8, 4) is 5.75 Å². The highest BCUT2D eigenvalue weighted by Crippen LogP contribution is 2.36. The molecule has 1 aromatic carbocycles. The maximum Gasteiger partial charge on any atom is 0.247 e. The van der Waals surface area contributed by atoms with Gasteiger partial charge in [-0.25, -0.2) is 8.42 Å². The second kappa shape index (κ2) is 6.42. The molecule has 5 nitrogen and oxygen atoms in total. The van der Waals surface area contributed by atoms with E-state index in [4.69, 9.17) is 9.47 Å². The molecule has 0 bridgehead atoms. The van der Waals surface area contributed by atoms with E-state index in [1.807, 2.05) is 13.8 Å². The molecular formula is C17H25NO4S. The number of benzene rings is 1. The predicted octanol–water partition coefficient (Wildman–Crippen LogP) is 2.64. The lowest BCUT2D eigenvalue weighted by Crippen LogP contribution is -2.54. The van der Waals surface area contributed by atoms with Gasteiger partial charge < -0.3 is 9.47 Å². The highest BCUT2D eigenvalue weighted by molar-refractivity contribution is 7.89. The van der Waals surface area contributed by atoms with Crippen molar-refractivity contribution in [3.05, 3.63) is 23.3 Å². The first kappa shape index (κ1) is 16.7. The van der Waals surface area contributed by atoms with Crippen LogP contribution in [-0.2, 0) is 14.8 Å². The summed E-state index contributed by atoms with van der Waals surface area (Å²) < 4.78 is 39.4. The van der Waals surface area contributed by atoms with Crippen molar-refractivity contribution >= 4 is 10.0 Å². The molecule has 0 aromatic heterocycles. The molecule has 0 amide bonds. The predicted molar refractivity (Wildman–Crippen MR) is 88.4 cm³/mol. The van der Waals surface area contributed by atoms with E-state index in [0.717, 1.165) is 36.8 Å². The number of hydrogen-bond donors (Lipinski definition) is 0. The molecule has 1 heterocycles. The zero-order valence-electron chi connectivity index (χ0n) is 14.0. The van der Waals surface area contributed by atoms with Crippen molar-refractivity contribution in [2.24, 2.45) is 0 Å². The highest BCUT2D eigenvalue weighted by atomic mass is 32.2. The van der Waals surface area contributed by atoms with Crippen LogP contribution in [0.25, 0.3) is 0 Å². The number of ether oxygens (including phenoxy) is 2. The molecule has 1 aliphatic carbocycles. The third-order valence-corrected chi connectivity index (χ3v) is 6.99. The normalized spacial score (nSPS) is 25.9. The molecule has 0 spiro atoms. The minimum atomic E-state index is -3.59. The minimum absolute atomic E-state index is 0.0322. The number of sulfonamides is 1. The molecule has 0 radical (unpaired) electrons. The summed E-state index contributed by atoms with van der Waals surface area (Å²) in [6, 6.07) is 3.49. The summed E-state index contributed by atoms with van der Waals surface area (Å²) in [5, 5.41) is 0. The van der Waals surface area contributed by atoms with Crippen LogP contribution in [0.5, 0.6) is 5.75 Å². The summed E-state index contributed by atoms with van der Waals surface area (Å²) in [6.45, 7) is 4.77. The maximum absolute atomic E-state index is 13.3. The molecular weight excluding hydrogens is 314 g/mol. The first-order chi connectivity index (χ1) is 10.9. The molecule has 1 aliphatic heterocycles. The molecule has 128 valence electrons. The van der Waals surface area contributed by atoms with Gasteiger partial charge in [-0.15, -0.1) is 0 Å². The Bertz CT molecular complexity index is 684. The van der Waals surface area contributed by atoms with Crippen LogP contribution in [0.4, 0.5) is 0 Å². The van der Waals surface area contributed by atoms with Crippen LogP contribution in [-0.4, -0.2) is 45.1 Å². The number of morpholine rings is 1. The third kappa shape index (κ3) is 2.99. The lowest BCUT2D eigenvalue weighted by atomic mass is 9.91. The maximum atomic E-state index is 13.3. The number of hydrogen-bond acceptors (Lipinski definition) is 4. The van der Waals surface area contributed by atoms with Crippen LogP contribution in [0.1, 0.15) is 36.8 Å². The third-order valence-electron chi connectivity index (χ3n) is 5.05. The SMILES string of the molecule is COc1cc(C)c(C)cc1S(=O)(=O)N1CCO[C@@H]2CCCC[C@@H]21. The second-order valence-electron chi connectivity index (χ2n) is 6.46. The standard InChI is InChI=1S/C17H25NO4S/c1-12-10-16(21-3)17(11-13(12)2)23(19,20)18-8-9-22-15-7-5-4-6-14(15)18/h10-11,14-15H,4-9H2,1-3H3/t14-,15+/m0/s1. The van der Waals surface area contributed by atoms with E-state index in [0.29, 0.717) is 18.9 Å². The Kier molecular flexibility index (Phi) is 4.67. The number of methoxy groups -OCH3 is 1. The average Bonchev–Trinajstić information content (AvgIpc) is 2.56. The van der Waals surface area contributed by atoms with Gasteiger partial charge in [0.1, 0.15) is 10.6 Å². The molecule has 1 saturated carbocycles. The Balaban J connectivity index is 2.02. The molecule has 0 unspecified atom stereocenters. The largest absolute Gasteiger partial charge is 0.495 e. The molecule has 2 atom stereocenters. The number of rotatable bonds is 3. The van der Waals surface area contributed by atoms with Gasteiger partial charge in [0.15, 0.2) is 0 Å². The molecule has 2 fully saturated rings. The monoisotopic (exact) mass is 339 g/mol. The lowest BCUT2D eigenvalue weighted by molar-refractivity contribution is -0.0586. The molecule has 0 N–H and O–H groups in total. The van der Waals surface area contributed by atoms with Crippen LogP contribution < -0.4 is 4.74 Å². The van der Waals surface area contributed by atoms with Crippen molar-refractivity contribution in [2.45, 2.75) is 56.6 Å². The van der Waals surface area contributed by atoms with Gasteiger partial charge in [0.05, 0.1) is 25.9 Å². The molecule has 6 heteroatoms. The van der Waals surface area contributed by atoms with E-state index in [1.165, 1.54) is 7.11 Å². The molecule has 1 saturated heterocycles. The smallest absolute Gasteiger partial charge is 0.247 e. The summed E-state index contributed by atoms with van der Waals surface area (Å²) in [5.74, 6) is 0.423. The van der Waals surface area contributed by atoms with Gasteiger partial charge in [-0.1, -0.05) is 12.8 Å². The van der Waals surface area contributed by atoms with Gasteiger partial charge in [-0.05, 0) is 49.9 Å². The number of fused-ring (bicyclic) bond motifs is 1. The fourth-order valence-electron chi connectivity index (χ4n) is 3.61. The lowest BCUT2D eigenvalue weighted by Gasteiger charge is -2.42. The van der Waals surface area contributed by atoms with Crippen molar-refractivity contribution < 1.29 is 17.9 Å². The molecule has 3 rings (SSSR count). The Morgan fingerprint density at radius 2 is 1.87 bits per heavy atom. The first-order valence-corrected chi connectivity index (χ1v) is 9.68. The van der Waals surface area contributed by atoms with Gasteiger partial charge >= 0.3 is 0 Å². The number of nitrogens with zero attached hydrogens (tertiary/aromatic N) is 1. The first-order valence-electron chi connectivity index (χ1n) is 8.24. The number of aryl methyl sites for hydroxylation is 2.